The van der Waals surface area contributed by atoms with E-state index in [0.717, 1.165) is 22.6 Å². The van der Waals surface area contributed by atoms with Crippen LogP contribution < -0.4 is 0 Å². The Morgan fingerprint density at radius 2 is 2.00 bits per heavy atom. The Morgan fingerprint density at radius 1 is 1.31 bits per heavy atom. The predicted molar refractivity (Wildman–Crippen MR) is 72.7 cm³/mol. The minimum absolute atomic E-state index is 0.768. The Bertz CT molecular complexity index is 331. The zero-order chi connectivity index (χ0) is 12.1. The summed E-state index contributed by atoms with van der Waals surface area (Å²) in [6.07, 6.45) is 5.19. The van der Waals surface area contributed by atoms with Crippen molar-refractivity contribution in [3.05, 3.63) is 15.9 Å². The molecule has 1 heterocycles. The summed E-state index contributed by atoms with van der Waals surface area (Å²) in [7, 11) is 0. The van der Waals surface area contributed by atoms with E-state index in [1.54, 1.807) is 0 Å². The quantitative estimate of drug-likeness (QED) is 0.754. The van der Waals surface area contributed by atoms with E-state index in [1.165, 1.54) is 31.4 Å². The average Bonchev–Trinajstić information content (AvgIpc) is 2.52. The van der Waals surface area contributed by atoms with Crippen molar-refractivity contribution in [1.82, 2.24) is 9.78 Å². The summed E-state index contributed by atoms with van der Waals surface area (Å²) >= 11 is 3.58. The molecule has 0 amide bonds. The number of aromatic nitrogens is 2. The molecule has 0 fully saturated rings. The van der Waals surface area contributed by atoms with Gasteiger partial charge in [0.2, 0.25) is 0 Å². The Balaban J connectivity index is 2.66. The Labute approximate surface area is 108 Å². The van der Waals surface area contributed by atoms with Gasteiger partial charge in [-0.3, -0.25) is 4.68 Å². The molecule has 92 valence electrons. The lowest BCUT2D eigenvalue weighted by Crippen LogP contribution is -2.12. The summed E-state index contributed by atoms with van der Waals surface area (Å²) in [5.41, 5.74) is 2.36. The highest BCUT2D eigenvalue weighted by Gasteiger charge is 2.12. The molecule has 0 saturated heterocycles. The lowest BCUT2D eigenvalue weighted by molar-refractivity contribution is 0.367. The molecule has 0 aliphatic heterocycles. The van der Waals surface area contributed by atoms with Gasteiger partial charge in [0.15, 0.2) is 0 Å². The highest BCUT2D eigenvalue weighted by Crippen LogP contribution is 2.22. The SMILES string of the molecule is CCCCC(CC)Cn1nc(C)c(Br)c1C. The normalized spacial score (nSPS) is 13.1. The Kier molecular flexibility index (Phi) is 5.53. The highest BCUT2D eigenvalue weighted by atomic mass is 79.9. The first-order valence-electron chi connectivity index (χ1n) is 6.29. The van der Waals surface area contributed by atoms with Gasteiger partial charge in [-0.25, -0.2) is 0 Å². The fourth-order valence-electron chi connectivity index (χ4n) is 2.01. The van der Waals surface area contributed by atoms with Crippen LogP contribution in [-0.2, 0) is 6.54 Å². The smallest absolute Gasteiger partial charge is 0.0738 e. The highest BCUT2D eigenvalue weighted by molar-refractivity contribution is 9.10. The van der Waals surface area contributed by atoms with Gasteiger partial charge in [0, 0.05) is 12.2 Å². The molecular formula is C13H23BrN2. The number of halogens is 1. The number of rotatable bonds is 6. The van der Waals surface area contributed by atoms with E-state index in [4.69, 9.17) is 0 Å². The van der Waals surface area contributed by atoms with Crippen molar-refractivity contribution in [1.29, 1.82) is 0 Å². The van der Waals surface area contributed by atoms with E-state index in [2.05, 4.69) is 53.4 Å². The van der Waals surface area contributed by atoms with E-state index >= 15 is 0 Å². The van der Waals surface area contributed by atoms with Crippen molar-refractivity contribution in [2.75, 3.05) is 0 Å². The molecule has 0 bridgehead atoms. The molecule has 2 nitrogen and oxygen atoms in total. The lowest BCUT2D eigenvalue weighted by Gasteiger charge is -2.15. The minimum atomic E-state index is 0.768. The largest absolute Gasteiger partial charge is 0.268 e. The second-order valence-electron chi connectivity index (χ2n) is 4.58. The summed E-state index contributed by atoms with van der Waals surface area (Å²) in [5.74, 6) is 0.768. The number of hydrogen-bond acceptors (Lipinski definition) is 1. The van der Waals surface area contributed by atoms with Crippen LogP contribution in [0.25, 0.3) is 0 Å². The Hall–Kier alpha value is -0.310. The zero-order valence-electron chi connectivity index (χ0n) is 10.9. The average molecular weight is 287 g/mol. The maximum Gasteiger partial charge on any atom is 0.0738 e. The van der Waals surface area contributed by atoms with Crippen molar-refractivity contribution in [3.63, 3.8) is 0 Å². The topological polar surface area (TPSA) is 17.8 Å². The van der Waals surface area contributed by atoms with Crippen molar-refractivity contribution < 1.29 is 0 Å². The molecule has 1 atom stereocenters. The van der Waals surface area contributed by atoms with Crippen LogP contribution in [0.1, 0.15) is 50.9 Å². The molecule has 0 aliphatic rings. The molecule has 0 saturated carbocycles. The van der Waals surface area contributed by atoms with Crippen LogP contribution in [0.15, 0.2) is 4.47 Å². The third-order valence-corrected chi connectivity index (χ3v) is 4.42. The van der Waals surface area contributed by atoms with Crippen molar-refractivity contribution in [3.8, 4) is 0 Å². The monoisotopic (exact) mass is 286 g/mol. The number of hydrogen-bond donors (Lipinski definition) is 0. The van der Waals surface area contributed by atoms with Gasteiger partial charge in [-0.1, -0.05) is 33.1 Å². The molecule has 0 spiro atoms. The van der Waals surface area contributed by atoms with Gasteiger partial charge in [-0.15, -0.1) is 0 Å². The minimum Gasteiger partial charge on any atom is -0.268 e. The maximum atomic E-state index is 4.58. The van der Waals surface area contributed by atoms with E-state index < -0.39 is 0 Å². The summed E-state index contributed by atoms with van der Waals surface area (Å²) in [6, 6.07) is 0. The van der Waals surface area contributed by atoms with Gasteiger partial charge in [-0.2, -0.15) is 5.10 Å². The van der Waals surface area contributed by atoms with Crippen LogP contribution >= 0.6 is 15.9 Å². The molecule has 1 aromatic rings. The van der Waals surface area contributed by atoms with Gasteiger partial charge < -0.3 is 0 Å². The molecule has 0 aliphatic carbocycles. The van der Waals surface area contributed by atoms with E-state index in [0.29, 0.717) is 0 Å². The van der Waals surface area contributed by atoms with E-state index in [9.17, 15) is 0 Å². The molecule has 1 aromatic heterocycles. The molecular weight excluding hydrogens is 264 g/mol. The van der Waals surface area contributed by atoms with Gasteiger partial charge >= 0.3 is 0 Å². The van der Waals surface area contributed by atoms with Crippen LogP contribution in [-0.4, -0.2) is 9.78 Å². The van der Waals surface area contributed by atoms with Crippen molar-refractivity contribution in [2.45, 2.75) is 59.9 Å². The first-order valence-corrected chi connectivity index (χ1v) is 7.08. The van der Waals surface area contributed by atoms with Crippen LogP contribution in [0.3, 0.4) is 0 Å². The van der Waals surface area contributed by atoms with Gasteiger partial charge in [-0.05, 0) is 42.1 Å². The predicted octanol–water partition coefficient (Wildman–Crippen LogP) is 4.48. The number of nitrogens with zero attached hydrogens (tertiary/aromatic N) is 2. The second kappa shape index (κ2) is 6.43. The lowest BCUT2D eigenvalue weighted by atomic mass is 9.99. The molecule has 0 N–H and O–H groups in total. The van der Waals surface area contributed by atoms with Crippen molar-refractivity contribution in [2.24, 2.45) is 5.92 Å². The van der Waals surface area contributed by atoms with Crippen LogP contribution in [0.4, 0.5) is 0 Å². The van der Waals surface area contributed by atoms with Gasteiger partial charge in [0.05, 0.1) is 10.2 Å². The molecule has 0 aromatic carbocycles. The number of aryl methyl sites for hydroxylation is 1. The third kappa shape index (κ3) is 3.34. The van der Waals surface area contributed by atoms with Gasteiger partial charge in [0.1, 0.15) is 0 Å². The fourth-order valence-corrected chi connectivity index (χ4v) is 2.30. The molecule has 1 unspecified atom stereocenters. The fraction of sp³-hybridized carbons (Fsp3) is 0.769. The third-order valence-electron chi connectivity index (χ3n) is 3.27. The summed E-state index contributed by atoms with van der Waals surface area (Å²) < 4.78 is 3.32. The van der Waals surface area contributed by atoms with Gasteiger partial charge in [0.25, 0.3) is 0 Å². The molecule has 1 rings (SSSR count). The summed E-state index contributed by atoms with van der Waals surface area (Å²) in [4.78, 5) is 0. The second-order valence-corrected chi connectivity index (χ2v) is 5.38. The first kappa shape index (κ1) is 13.8. The standard InChI is InChI=1S/C13H23BrN2/c1-5-7-8-12(6-2)9-16-11(4)13(14)10(3)15-16/h12H,5-9H2,1-4H3. The molecule has 16 heavy (non-hydrogen) atoms. The Morgan fingerprint density at radius 3 is 2.44 bits per heavy atom. The van der Waals surface area contributed by atoms with Crippen molar-refractivity contribution >= 4 is 15.9 Å². The summed E-state index contributed by atoms with van der Waals surface area (Å²) in [5, 5.41) is 4.58. The van der Waals surface area contributed by atoms with E-state index in [1.807, 2.05) is 0 Å². The molecule has 0 radical (unpaired) electrons. The van der Waals surface area contributed by atoms with Crippen LogP contribution in [0.5, 0.6) is 0 Å². The maximum absolute atomic E-state index is 4.58. The number of unbranched alkanes of at least 4 members (excludes halogenated alkanes) is 1. The summed E-state index contributed by atoms with van der Waals surface area (Å²) in [6.45, 7) is 9.79. The molecule has 3 heteroatoms. The first-order chi connectivity index (χ1) is 7.60. The zero-order valence-corrected chi connectivity index (χ0v) is 12.5. The van der Waals surface area contributed by atoms with Crippen LogP contribution in [0, 0.1) is 19.8 Å². The van der Waals surface area contributed by atoms with Crippen LogP contribution in [0.2, 0.25) is 0 Å². The van der Waals surface area contributed by atoms with E-state index in [-0.39, 0.29) is 0 Å².